The van der Waals surface area contributed by atoms with Crippen molar-refractivity contribution in [1.29, 1.82) is 0 Å². The lowest BCUT2D eigenvalue weighted by atomic mass is 9.88. The minimum Gasteiger partial charge on any atom is -0.497 e. The molecule has 22 heavy (non-hydrogen) atoms. The lowest BCUT2D eigenvalue weighted by molar-refractivity contribution is -0.119. The molecular weight excluding hydrogens is 276 g/mol. The van der Waals surface area contributed by atoms with E-state index in [0.717, 1.165) is 35.5 Å². The number of hydrogen-bond donors (Lipinski definition) is 0. The molecule has 2 fully saturated rings. The minimum atomic E-state index is 0.262. The molecule has 118 valence electrons. The number of ether oxygens (including phenoxy) is 2. The van der Waals surface area contributed by atoms with Crippen LogP contribution in [0.3, 0.4) is 0 Å². The van der Waals surface area contributed by atoms with E-state index in [1.165, 1.54) is 25.7 Å². The molecule has 2 aliphatic rings. The third-order valence-corrected chi connectivity index (χ3v) is 5.12. The maximum atomic E-state index is 12.7. The van der Waals surface area contributed by atoms with E-state index in [1.807, 2.05) is 24.3 Å². The Bertz CT molecular complexity index is 582. The fraction of sp³-hybridized carbons (Fsp3) is 0.526. The molecule has 3 heteroatoms. The molecule has 3 rings (SSSR count). The van der Waals surface area contributed by atoms with Crippen molar-refractivity contribution < 1.29 is 14.3 Å². The SMILES string of the molecule is COc1ccc(/C=C2\CC[C@H](C3CCCC3)C2=O)c(OC)c1. The van der Waals surface area contributed by atoms with Gasteiger partial charge in [-0.05, 0) is 55.4 Å². The fourth-order valence-electron chi connectivity index (χ4n) is 3.88. The number of carbonyl (C=O) groups is 1. The number of methoxy groups -OCH3 is 2. The molecule has 0 aliphatic heterocycles. The highest BCUT2D eigenvalue weighted by molar-refractivity contribution is 6.03. The molecule has 1 aromatic rings. The maximum absolute atomic E-state index is 12.7. The molecule has 0 bridgehead atoms. The van der Waals surface area contributed by atoms with Crippen LogP contribution in [0.4, 0.5) is 0 Å². The van der Waals surface area contributed by atoms with Gasteiger partial charge < -0.3 is 9.47 Å². The summed E-state index contributed by atoms with van der Waals surface area (Å²) in [5, 5.41) is 0. The quantitative estimate of drug-likeness (QED) is 0.780. The van der Waals surface area contributed by atoms with Gasteiger partial charge in [-0.25, -0.2) is 0 Å². The molecule has 0 heterocycles. The largest absolute Gasteiger partial charge is 0.497 e. The van der Waals surface area contributed by atoms with Gasteiger partial charge in [-0.15, -0.1) is 0 Å². The van der Waals surface area contributed by atoms with Crippen LogP contribution in [0.1, 0.15) is 44.1 Å². The molecule has 0 amide bonds. The summed E-state index contributed by atoms with van der Waals surface area (Å²) in [5.41, 5.74) is 1.92. The van der Waals surface area contributed by atoms with E-state index in [2.05, 4.69) is 0 Å². The van der Waals surface area contributed by atoms with Gasteiger partial charge in [-0.2, -0.15) is 0 Å². The fourth-order valence-corrected chi connectivity index (χ4v) is 3.88. The van der Waals surface area contributed by atoms with Gasteiger partial charge in [0, 0.05) is 17.5 Å². The van der Waals surface area contributed by atoms with Crippen LogP contribution in [-0.4, -0.2) is 20.0 Å². The Kier molecular flexibility index (Phi) is 4.51. The summed E-state index contributed by atoms with van der Waals surface area (Å²) in [6.45, 7) is 0. The van der Waals surface area contributed by atoms with Crippen molar-refractivity contribution >= 4 is 11.9 Å². The minimum absolute atomic E-state index is 0.262. The first-order chi connectivity index (χ1) is 10.7. The number of ketones is 1. The van der Waals surface area contributed by atoms with Crippen molar-refractivity contribution in [3.63, 3.8) is 0 Å². The Balaban J connectivity index is 1.82. The molecule has 3 nitrogen and oxygen atoms in total. The van der Waals surface area contributed by atoms with Crippen molar-refractivity contribution in [2.45, 2.75) is 38.5 Å². The second kappa shape index (κ2) is 6.55. The van der Waals surface area contributed by atoms with E-state index >= 15 is 0 Å². The Hall–Kier alpha value is -1.77. The summed E-state index contributed by atoms with van der Waals surface area (Å²) < 4.78 is 10.6. The van der Waals surface area contributed by atoms with Crippen molar-refractivity contribution in [2.75, 3.05) is 14.2 Å². The molecule has 0 radical (unpaired) electrons. The zero-order chi connectivity index (χ0) is 15.5. The molecule has 0 unspecified atom stereocenters. The summed E-state index contributed by atoms with van der Waals surface area (Å²) in [6, 6.07) is 5.73. The highest BCUT2D eigenvalue weighted by Gasteiger charge is 2.36. The standard InChI is InChI=1S/C19H24O3/c1-21-16-9-7-14(18(12-16)22-2)11-15-8-10-17(19(15)20)13-5-3-4-6-13/h7,9,11-13,17H,3-6,8,10H2,1-2H3/b15-11+/t17-/m1/s1. The van der Waals surface area contributed by atoms with Gasteiger partial charge in [0.1, 0.15) is 11.5 Å². The zero-order valence-corrected chi connectivity index (χ0v) is 13.4. The lowest BCUT2D eigenvalue weighted by Gasteiger charge is -2.15. The average molecular weight is 300 g/mol. The van der Waals surface area contributed by atoms with Gasteiger partial charge >= 0.3 is 0 Å². The number of allylic oxidation sites excluding steroid dienone is 1. The van der Waals surface area contributed by atoms with Crippen LogP contribution in [0.25, 0.3) is 6.08 Å². The topological polar surface area (TPSA) is 35.5 Å². The summed E-state index contributed by atoms with van der Waals surface area (Å²) >= 11 is 0. The first-order valence-electron chi connectivity index (χ1n) is 8.19. The van der Waals surface area contributed by atoms with Crippen molar-refractivity contribution in [3.05, 3.63) is 29.3 Å². The Labute approximate surface area is 132 Å². The second-order valence-electron chi connectivity index (χ2n) is 6.33. The highest BCUT2D eigenvalue weighted by Crippen LogP contribution is 2.41. The van der Waals surface area contributed by atoms with Crippen LogP contribution in [0, 0.1) is 11.8 Å². The Morgan fingerprint density at radius 2 is 1.86 bits per heavy atom. The molecule has 0 N–H and O–H groups in total. The number of hydrogen-bond acceptors (Lipinski definition) is 3. The molecular formula is C19H24O3. The van der Waals surface area contributed by atoms with Gasteiger partial charge in [0.15, 0.2) is 5.78 Å². The predicted octanol–water partition coefficient (Wildman–Crippen LogP) is 4.26. The Morgan fingerprint density at radius 1 is 1.09 bits per heavy atom. The van der Waals surface area contributed by atoms with Gasteiger partial charge in [-0.3, -0.25) is 4.79 Å². The molecule has 1 aromatic carbocycles. The van der Waals surface area contributed by atoms with Crippen LogP contribution in [0.5, 0.6) is 11.5 Å². The monoisotopic (exact) mass is 300 g/mol. The Morgan fingerprint density at radius 3 is 2.55 bits per heavy atom. The van der Waals surface area contributed by atoms with Crippen LogP contribution in [0.15, 0.2) is 23.8 Å². The third kappa shape index (κ3) is 2.90. The second-order valence-corrected chi connectivity index (χ2v) is 6.33. The normalized spacial score (nSPS) is 24.2. The van der Waals surface area contributed by atoms with Gasteiger partial charge in [0.25, 0.3) is 0 Å². The van der Waals surface area contributed by atoms with Crippen LogP contribution in [0.2, 0.25) is 0 Å². The third-order valence-electron chi connectivity index (χ3n) is 5.12. The number of Topliss-reactive ketones (excluding diaryl/α,β-unsaturated/α-hetero) is 1. The lowest BCUT2D eigenvalue weighted by Crippen LogP contribution is -2.16. The van der Waals surface area contributed by atoms with E-state index in [4.69, 9.17) is 9.47 Å². The maximum Gasteiger partial charge on any atom is 0.162 e. The summed E-state index contributed by atoms with van der Waals surface area (Å²) in [7, 11) is 3.29. The molecule has 2 saturated carbocycles. The number of benzene rings is 1. The van der Waals surface area contributed by atoms with Crippen molar-refractivity contribution in [1.82, 2.24) is 0 Å². The average Bonchev–Trinajstić information content (AvgIpc) is 3.18. The van der Waals surface area contributed by atoms with E-state index in [9.17, 15) is 4.79 Å². The van der Waals surface area contributed by atoms with Crippen molar-refractivity contribution in [2.24, 2.45) is 11.8 Å². The molecule has 1 atom stereocenters. The van der Waals surface area contributed by atoms with Crippen LogP contribution < -0.4 is 9.47 Å². The van der Waals surface area contributed by atoms with Crippen LogP contribution >= 0.6 is 0 Å². The van der Waals surface area contributed by atoms with Gasteiger partial charge in [-0.1, -0.05) is 12.8 Å². The van der Waals surface area contributed by atoms with E-state index < -0.39 is 0 Å². The summed E-state index contributed by atoms with van der Waals surface area (Å²) in [5.74, 6) is 2.77. The first-order valence-corrected chi connectivity index (χ1v) is 8.19. The molecule has 0 aromatic heterocycles. The molecule has 2 aliphatic carbocycles. The summed E-state index contributed by atoms with van der Waals surface area (Å²) in [6.07, 6.45) is 8.98. The first kappa shape index (κ1) is 15.1. The summed E-state index contributed by atoms with van der Waals surface area (Å²) in [4.78, 5) is 12.7. The molecule has 0 spiro atoms. The highest BCUT2D eigenvalue weighted by atomic mass is 16.5. The number of carbonyl (C=O) groups excluding carboxylic acids is 1. The van der Waals surface area contributed by atoms with E-state index in [1.54, 1.807) is 14.2 Å². The van der Waals surface area contributed by atoms with Crippen LogP contribution in [-0.2, 0) is 4.79 Å². The predicted molar refractivity (Wildman–Crippen MR) is 87.2 cm³/mol. The zero-order valence-electron chi connectivity index (χ0n) is 13.4. The molecule has 0 saturated heterocycles. The van der Waals surface area contributed by atoms with E-state index in [-0.39, 0.29) is 5.92 Å². The van der Waals surface area contributed by atoms with Gasteiger partial charge in [0.05, 0.1) is 14.2 Å². The van der Waals surface area contributed by atoms with Gasteiger partial charge in [0.2, 0.25) is 0 Å². The van der Waals surface area contributed by atoms with E-state index in [0.29, 0.717) is 11.7 Å². The smallest absolute Gasteiger partial charge is 0.162 e. The van der Waals surface area contributed by atoms with Crippen molar-refractivity contribution in [3.8, 4) is 11.5 Å². The number of rotatable bonds is 4.